The molecular formula is C29H25FN2O3. The van der Waals surface area contributed by atoms with E-state index in [2.05, 4.69) is 23.7 Å². The predicted molar refractivity (Wildman–Crippen MR) is 136 cm³/mol. The summed E-state index contributed by atoms with van der Waals surface area (Å²) in [4.78, 5) is 13.2. The van der Waals surface area contributed by atoms with Gasteiger partial charge in [-0.3, -0.25) is 4.79 Å². The highest BCUT2D eigenvalue weighted by Crippen LogP contribution is 2.37. The van der Waals surface area contributed by atoms with Gasteiger partial charge in [0.05, 0.1) is 12.1 Å². The molecule has 0 saturated carbocycles. The van der Waals surface area contributed by atoms with Gasteiger partial charge in [-0.15, -0.1) is 0 Å². The fourth-order valence-corrected chi connectivity index (χ4v) is 4.76. The van der Waals surface area contributed by atoms with Crippen LogP contribution in [0.25, 0.3) is 32.8 Å². The van der Waals surface area contributed by atoms with Gasteiger partial charge in [0.25, 0.3) is 5.91 Å². The number of halogens is 1. The van der Waals surface area contributed by atoms with Gasteiger partial charge in [0.2, 0.25) is 0 Å². The number of nitrogens with zero attached hydrogens (tertiary/aromatic N) is 1. The van der Waals surface area contributed by atoms with E-state index in [1.54, 1.807) is 30.3 Å². The molecule has 4 aromatic carbocycles. The first-order valence-corrected chi connectivity index (χ1v) is 11.5. The Morgan fingerprint density at radius 1 is 0.914 bits per heavy atom. The topological polar surface area (TPSA) is 74.5 Å². The van der Waals surface area contributed by atoms with Crippen molar-refractivity contribution in [3.63, 3.8) is 0 Å². The first-order valence-electron chi connectivity index (χ1n) is 11.5. The highest BCUT2D eigenvalue weighted by molar-refractivity contribution is 6.03. The van der Waals surface area contributed by atoms with Crippen molar-refractivity contribution >= 4 is 27.6 Å². The van der Waals surface area contributed by atoms with Crippen molar-refractivity contribution in [2.24, 2.45) is 0 Å². The largest absolute Gasteiger partial charge is 0.507 e. The van der Waals surface area contributed by atoms with Crippen molar-refractivity contribution in [1.29, 1.82) is 0 Å². The van der Waals surface area contributed by atoms with Crippen molar-refractivity contribution in [3.8, 4) is 22.6 Å². The zero-order chi connectivity index (χ0) is 24.7. The lowest BCUT2D eigenvalue weighted by atomic mass is 10.0. The van der Waals surface area contributed by atoms with E-state index >= 15 is 0 Å². The van der Waals surface area contributed by atoms with Crippen molar-refractivity contribution < 1.29 is 19.4 Å². The summed E-state index contributed by atoms with van der Waals surface area (Å²) in [6, 6.07) is 22.4. The van der Waals surface area contributed by atoms with Crippen molar-refractivity contribution in [3.05, 3.63) is 95.9 Å². The molecule has 0 unspecified atom stereocenters. The monoisotopic (exact) mass is 468 g/mol. The average Bonchev–Trinajstić information content (AvgIpc) is 3.17. The van der Waals surface area contributed by atoms with Gasteiger partial charge in [0.15, 0.2) is 0 Å². The van der Waals surface area contributed by atoms with Gasteiger partial charge in [-0.25, -0.2) is 4.39 Å². The lowest BCUT2D eigenvalue weighted by Gasteiger charge is -2.17. The fraction of sp³-hybridized carbons (Fsp3) is 0.138. The van der Waals surface area contributed by atoms with Crippen LogP contribution in [0.4, 0.5) is 4.39 Å². The van der Waals surface area contributed by atoms with Crippen LogP contribution < -0.4 is 5.32 Å². The Balaban J connectivity index is 1.57. The molecule has 1 amide bonds. The van der Waals surface area contributed by atoms with Crippen molar-refractivity contribution in [1.82, 2.24) is 9.88 Å². The Bertz CT molecular complexity index is 1570. The second kappa shape index (κ2) is 8.80. The van der Waals surface area contributed by atoms with E-state index in [1.165, 1.54) is 24.3 Å². The Labute approximate surface area is 202 Å². The molecule has 0 spiro atoms. The molecule has 0 radical (unpaired) electrons. The fourth-order valence-electron chi connectivity index (χ4n) is 4.76. The Kier molecular flexibility index (Phi) is 5.65. The van der Waals surface area contributed by atoms with Gasteiger partial charge >= 0.3 is 0 Å². The molecule has 176 valence electrons. The summed E-state index contributed by atoms with van der Waals surface area (Å²) in [5, 5.41) is 25.6. The number of carbonyl (C=O) groups excluding carboxylic acids is 1. The Morgan fingerprint density at radius 3 is 2.40 bits per heavy atom. The smallest absolute Gasteiger partial charge is 0.255 e. The van der Waals surface area contributed by atoms with Crippen LogP contribution in [-0.4, -0.2) is 20.7 Å². The van der Waals surface area contributed by atoms with E-state index < -0.39 is 5.91 Å². The molecule has 1 aromatic heterocycles. The minimum atomic E-state index is -0.432. The molecule has 3 N–H and O–H groups in total. The number of para-hydroxylation sites is 1. The number of hydrogen-bond donors (Lipinski definition) is 3. The lowest BCUT2D eigenvalue weighted by molar-refractivity contribution is 0.0947. The number of benzene rings is 4. The van der Waals surface area contributed by atoms with Crippen molar-refractivity contribution in [2.75, 3.05) is 0 Å². The number of phenols is 2. The number of aromatic nitrogens is 1. The van der Waals surface area contributed by atoms with Crippen LogP contribution >= 0.6 is 0 Å². The van der Waals surface area contributed by atoms with Gasteiger partial charge in [0, 0.05) is 33.6 Å². The maximum atomic E-state index is 13.7. The third kappa shape index (κ3) is 3.97. The number of hydrogen-bond acceptors (Lipinski definition) is 3. The number of fused-ring (bicyclic) bond motifs is 2. The molecule has 0 aliphatic heterocycles. The number of rotatable bonds is 5. The molecule has 0 aliphatic rings. The Morgan fingerprint density at radius 2 is 1.66 bits per heavy atom. The van der Waals surface area contributed by atoms with Gasteiger partial charge in [-0.2, -0.15) is 0 Å². The summed E-state index contributed by atoms with van der Waals surface area (Å²) < 4.78 is 15.8. The minimum Gasteiger partial charge on any atom is -0.507 e. The maximum Gasteiger partial charge on any atom is 0.255 e. The highest BCUT2D eigenvalue weighted by atomic mass is 19.1. The molecule has 5 nitrogen and oxygen atoms in total. The van der Waals surface area contributed by atoms with E-state index in [4.69, 9.17) is 0 Å². The number of amides is 1. The van der Waals surface area contributed by atoms with Crippen molar-refractivity contribution in [2.45, 2.75) is 26.4 Å². The molecule has 0 saturated heterocycles. The molecule has 5 rings (SSSR count). The SMILES string of the molecule is CC(C)n1c(CNC(=O)c2cc3cccc(O)c3cc2O)c(-c2ccc(F)cc2)c2ccccc21. The lowest BCUT2D eigenvalue weighted by Crippen LogP contribution is -2.25. The molecule has 0 aliphatic carbocycles. The maximum absolute atomic E-state index is 13.7. The third-order valence-corrected chi connectivity index (χ3v) is 6.30. The molecule has 0 atom stereocenters. The summed E-state index contributed by atoms with van der Waals surface area (Å²) in [5.41, 5.74) is 3.82. The molecule has 35 heavy (non-hydrogen) atoms. The average molecular weight is 469 g/mol. The van der Waals surface area contributed by atoms with E-state index in [-0.39, 0.29) is 35.5 Å². The van der Waals surface area contributed by atoms with Crippen LogP contribution in [-0.2, 0) is 6.54 Å². The van der Waals surface area contributed by atoms with Crippen LogP contribution in [0.15, 0.2) is 78.9 Å². The summed E-state index contributed by atoms with van der Waals surface area (Å²) in [6.07, 6.45) is 0. The number of nitrogens with one attached hydrogen (secondary N) is 1. The van der Waals surface area contributed by atoms with E-state index in [1.807, 2.05) is 24.3 Å². The van der Waals surface area contributed by atoms with Crippen LogP contribution in [0, 0.1) is 5.82 Å². The second-order valence-corrected chi connectivity index (χ2v) is 8.86. The quantitative estimate of drug-likeness (QED) is 0.275. The normalized spacial score (nSPS) is 11.4. The first kappa shape index (κ1) is 22.5. The first-order chi connectivity index (χ1) is 16.8. The molecule has 5 aromatic rings. The number of aromatic hydroxyl groups is 2. The van der Waals surface area contributed by atoms with Gasteiger partial charge in [-0.05, 0) is 61.2 Å². The van der Waals surface area contributed by atoms with Gasteiger partial charge in [-0.1, -0.05) is 42.5 Å². The molecule has 6 heteroatoms. The van der Waals surface area contributed by atoms with Crippen LogP contribution in [0.1, 0.15) is 35.9 Å². The molecule has 0 fully saturated rings. The number of carbonyl (C=O) groups is 1. The summed E-state index contributed by atoms with van der Waals surface area (Å²) >= 11 is 0. The summed E-state index contributed by atoms with van der Waals surface area (Å²) in [6.45, 7) is 4.36. The Hall–Kier alpha value is -4.32. The van der Waals surface area contributed by atoms with Crippen LogP contribution in [0.2, 0.25) is 0 Å². The standard InChI is InChI=1S/C29H25FN2O3/c1-17(2)32-24-8-4-3-7-21(24)28(18-10-12-20(30)13-11-18)25(32)16-31-29(35)23-14-19-6-5-9-26(33)22(19)15-27(23)34/h3-15,17,33-34H,16H2,1-2H3,(H,31,35). The molecule has 0 bridgehead atoms. The molecule has 1 heterocycles. The van der Waals surface area contributed by atoms with Gasteiger partial charge in [0.1, 0.15) is 17.3 Å². The minimum absolute atomic E-state index is 0.0372. The van der Waals surface area contributed by atoms with E-state index in [0.29, 0.717) is 10.8 Å². The number of phenolic OH excluding ortho intramolecular Hbond substituents is 2. The second-order valence-electron chi connectivity index (χ2n) is 8.86. The zero-order valence-corrected chi connectivity index (χ0v) is 19.4. The molecular weight excluding hydrogens is 443 g/mol. The summed E-state index contributed by atoms with van der Waals surface area (Å²) in [5.74, 6) is -0.915. The summed E-state index contributed by atoms with van der Waals surface area (Å²) in [7, 11) is 0. The zero-order valence-electron chi connectivity index (χ0n) is 19.4. The van der Waals surface area contributed by atoms with E-state index in [0.717, 1.165) is 27.7 Å². The van der Waals surface area contributed by atoms with Gasteiger partial charge < -0.3 is 20.1 Å². The van der Waals surface area contributed by atoms with E-state index in [9.17, 15) is 19.4 Å². The predicted octanol–water partition coefficient (Wildman–Crippen LogP) is 6.52. The van der Waals surface area contributed by atoms with Crippen LogP contribution in [0.5, 0.6) is 11.5 Å². The highest BCUT2D eigenvalue weighted by Gasteiger charge is 2.21. The third-order valence-electron chi connectivity index (χ3n) is 6.30. The van der Waals surface area contributed by atoms with Crippen LogP contribution in [0.3, 0.4) is 0 Å².